The fourth-order valence-electron chi connectivity index (χ4n) is 3.93. The van der Waals surface area contributed by atoms with Crippen molar-refractivity contribution in [2.45, 2.75) is 46.6 Å². The van der Waals surface area contributed by atoms with Gasteiger partial charge in [0.05, 0.1) is 0 Å². The van der Waals surface area contributed by atoms with Crippen molar-refractivity contribution >= 4 is 24.5 Å². The van der Waals surface area contributed by atoms with E-state index in [9.17, 15) is 4.79 Å². The molecule has 1 atom stereocenters. The average molecular weight is 473 g/mol. The largest absolute Gasteiger partial charge is 0.461 e. The van der Waals surface area contributed by atoms with Gasteiger partial charge in [-0.3, -0.25) is 4.79 Å². The van der Waals surface area contributed by atoms with E-state index in [4.69, 9.17) is 4.74 Å². The van der Waals surface area contributed by atoms with E-state index in [1.807, 2.05) is 24.3 Å². The lowest BCUT2D eigenvalue weighted by atomic mass is 9.92. The number of esters is 1. The minimum Gasteiger partial charge on any atom is -0.461 e. The third kappa shape index (κ3) is 6.67. The molecule has 0 saturated heterocycles. The van der Waals surface area contributed by atoms with Gasteiger partial charge in [-0.25, -0.2) is 0 Å². The standard InChI is InChI=1S/C31H37O2P/c1-22(2)24(5)20-26(21-25(6)23(3)4)33-31(32)29-18-13-19-30(29)34(27-14-9-7-10-15-27)28-16-11-8-12-17-28/h7-19,22-23,26,29H,5-6,20-21H2,1-4H3. The number of hydrogen-bond acceptors (Lipinski definition) is 2. The molecule has 2 aromatic rings. The fraction of sp³-hybridized carbons (Fsp3) is 0.323. The van der Waals surface area contributed by atoms with Gasteiger partial charge in [-0.15, -0.1) is 0 Å². The molecular weight excluding hydrogens is 435 g/mol. The summed E-state index contributed by atoms with van der Waals surface area (Å²) in [5, 5.41) is 3.57. The molecule has 2 aromatic carbocycles. The first-order chi connectivity index (χ1) is 16.3. The second kappa shape index (κ2) is 12.1. The number of carbonyl (C=O) groups excluding carboxylic acids is 1. The minimum atomic E-state index is -0.840. The number of carbonyl (C=O) groups is 1. The maximum Gasteiger partial charge on any atom is 0.317 e. The molecule has 0 fully saturated rings. The zero-order chi connectivity index (χ0) is 24.7. The molecule has 3 heteroatoms. The van der Waals surface area contributed by atoms with Crippen LogP contribution in [0.5, 0.6) is 0 Å². The van der Waals surface area contributed by atoms with Crippen LogP contribution < -0.4 is 10.6 Å². The molecular formula is C31H37O2P. The van der Waals surface area contributed by atoms with Crippen molar-refractivity contribution in [1.29, 1.82) is 0 Å². The highest BCUT2D eigenvalue weighted by molar-refractivity contribution is 7.76. The highest BCUT2D eigenvalue weighted by Gasteiger charge is 2.33. The van der Waals surface area contributed by atoms with Crippen LogP contribution in [0.4, 0.5) is 0 Å². The van der Waals surface area contributed by atoms with Gasteiger partial charge in [0.2, 0.25) is 0 Å². The van der Waals surface area contributed by atoms with Gasteiger partial charge in [0.15, 0.2) is 0 Å². The van der Waals surface area contributed by atoms with Gasteiger partial charge in [0, 0.05) is 12.8 Å². The lowest BCUT2D eigenvalue weighted by molar-refractivity contribution is -0.150. The number of ether oxygens (including phenoxy) is 1. The predicted molar refractivity (Wildman–Crippen MR) is 147 cm³/mol. The van der Waals surface area contributed by atoms with Gasteiger partial charge < -0.3 is 4.74 Å². The summed E-state index contributed by atoms with van der Waals surface area (Å²) in [4.78, 5) is 13.6. The van der Waals surface area contributed by atoms with E-state index in [1.54, 1.807) is 0 Å². The third-order valence-corrected chi connectivity index (χ3v) is 8.90. The van der Waals surface area contributed by atoms with E-state index in [2.05, 4.69) is 95.5 Å². The van der Waals surface area contributed by atoms with Crippen molar-refractivity contribution in [3.05, 3.63) is 109 Å². The summed E-state index contributed by atoms with van der Waals surface area (Å²) in [6.07, 6.45) is 7.16. The Morgan fingerprint density at radius 2 is 1.32 bits per heavy atom. The van der Waals surface area contributed by atoms with Crippen molar-refractivity contribution in [1.82, 2.24) is 0 Å². The highest BCUT2D eigenvalue weighted by Crippen LogP contribution is 2.49. The van der Waals surface area contributed by atoms with Crippen LogP contribution >= 0.6 is 7.92 Å². The minimum absolute atomic E-state index is 0.183. The first-order valence-corrected chi connectivity index (χ1v) is 13.5. The summed E-state index contributed by atoms with van der Waals surface area (Å²) < 4.78 is 6.19. The van der Waals surface area contributed by atoms with Gasteiger partial charge in [0.25, 0.3) is 0 Å². The average Bonchev–Trinajstić information content (AvgIpc) is 3.30. The van der Waals surface area contributed by atoms with Crippen LogP contribution in [0.1, 0.15) is 40.5 Å². The van der Waals surface area contributed by atoms with Gasteiger partial charge in [-0.05, 0) is 35.7 Å². The number of allylic oxidation sites excluding steroid dienone is 2. The second-order valence-corrected chi connectivity index (χ2v) is 11.8. The van der Waals surface area contributed by atoms with Crippen molar-refractivity contribution < 1.29 is 9.53 Å². The summed E-state index contributed by atoms with van der Waals surface area (Å²) in [5.41, 5.74) is 2.20. The van der Waals surface area contributed by atoms with Crippen molar-refractivity contribution in [3.8, 4) is 0 Å². The maximum atomic E-state index is 13.6. The molecule has 1 aliphatic carbocycles. The number of rotatable bonds is 11. The van der Waals surface area contributed by atoms with E-state index in [0.717, 1.165) is 16.5 Å². The Bertz CT molecular complexity index is 986. The summed E-state index contributed by atoms with van der Waals surface area (Å²) >= 11 is 0. The third-order valence-electron chi connectivity index (χ3n) is 6.33. The Labute approximate surface area is 206 Å². The Morgan fingerprint density at radius 3 is 1.76 bits per heavy atom. The molecule has 0 N–H and O–H groups in total. The molecule has 3 rings (SSSR count). The monoisotopic (exact) mass is 472 g/mol. The first kappa shape index (κ1) is 25.9. The highest BCUT2D eigenvalue weighted by atomic mass is 31.1. The molecule has 178 valence electrons. The summed E-state index contributed by atoms with van der Waals surface area (Å²) in [6, 6.07) is 20.9. The van der Waals surface area contributed by atoms with E-state index >= 15 is 0 Å². The summed E-state index contributed by atoms with van der Waals surface area (Å²) in [5.74, 6) is 0.129. The van der Waals surface area contributed by atoms with Crippen LogP contribution in [0.3, 0.4) is 0 Å². The zero-order valence-electron chi connectivity index (χ0n) is 20.9. The Balaban J connectivity index is 1.86. The van der Waals surface area contributed by atoms with Gasteiger partial charge in [-0.2, -0.15) is 0 Å². The summed E-state index contributed by atoms with van der Waals surface area (Å²) in [6.45, 7) is 17.0. The molecule has 0 radical (unpaired) electrons. The molecule has 1 aliphatic rings. The van der Waals surface area contributed by atoms with Gasteiger partial charge >= 0.3 is 5.97 Å². The molecule has 34 heavy (non-hydrogen) atoms. The Kier molecular flexibility index (Phi) is 9.25. The van der Waals surface area contributed by atoms with E-state index in [-0.39, 0.29) is 18.0 Å². The summed E-state index contributed by atoms with van der Waals surface area (Å²) in [7, 11) is -0.840. The van der Waals surface area contributed by atoms with Crippen LogP contribution in [-0.2, 0) is 9.53 Å². The topological polar surface area (TPSA) is 26.3 Å². The second-order valence-electron chi connectivity index (χ2n) is 9.55. The smallest absolute Gasteiger partial charge is 0.317 e. The molecule has 0 saturated carbocycles. The van der Waals surface area contributed by atoms with Gasteiger partial charge in [0.1, 0.15) is 12.0 Å². The molecule has 0 aromatic heterocycles. The van der Waals surface area contributed by atoms with Gasteiger partial charge in [-0.1, -0.05) is 131 Å². The zero-order valence-corrected chi connectivity index (χ0v) is 21.8. The lowest BCUT2D eigenvalue weighted by Crippen LogP contribution is -2.27. The normalized spacial score (nSPS) is 15.3. The SMILES string of the molecule is C=C(CC(CC(=C)C(C)C)OC(=O)C1C=CC=C1P(c1ccccc1)c1ccccc1)C(C)C. The van der Waals surface area contributed by atoms with E-state index in [0.29, 0.717) is 24.7 Å². The Morgan fingerprint density at radius 1 is 0.853 bits per heavy atom. The van der Waals surface area contributed by atoms with Crippen LogP contribution in [-0.4, -0.2) is 12.1 Å². The molecule has 1 unspecified atom stereocenters. The Hall–Kier alpha value is -2.70. The van der Waals surface area contributed by atoms with Crippen molar-refractivity contribution in [3.63, 3.8) is 0 Å². The predicted octanol–water partition coefficient (Wildman–Crippen LogP) is 7.31. The number of hydrogen-bond donors (Lipinski definition) is 0. The quantitative estimate of drug-likeness (QED) is 0.195. The molecule has 2 nitrogen and oxygen atoms in total. The van der Waals surface area contributed by atoms with Crippen molar-refractivity contribution in [2.75, 3.05) is 0 Å². The molecule has 0 amide bonds. The van der Waals surface area contributed by atoms with E-state index < -0.39 is 7.92 Å². The maximum absolute atomic E-state index is 13.6. The first-order valence-electron chi connectivity index (χ1n) is 12.1. The van der Waals surface area contributed by atoms with Crippen LogP contribution in [0, 0.1) is 17.8 Å². The molecule has 0 bridgehead atoms. The van der Waals surface area contributed by atoms with Crippen LogP contribution in [0.2, 0.25) is 0 Å². The van der Waals surface area contributed by atoms with Crippen LogP contribution in [0.25, 0.3) is 0 Å². The van der Waals surface area contributed by atoms with Crippen LogP contribution in [0.15, 0.2) is 109 Å². The van der Waals surface area contributed by atoms with E-state index in [1.165, 1.54) is 10.6 Å². The van der Waals surface area contributed by atoms with Crippen molar-refractivity contribution in [2.24, 2.45) is 17.8 Å². The number of benzene rings is 2. The molecule has 0 aliphatic heterocycles. The molecule has 0 spiro atoms. The lowest BCUT2D eigenvalue weighted by Gasteiger charge is -2.27. The fourth-order valence-corrected chi connectivity index (χ4v) is 6.47. The molecule has 0 heterocycles.